The summed E-state index contributed by atoms with van der Waals surface area (Å²) in [5, 5.41) is 0. The number of hydrogen-bond acceptors (Lipinski definition) is 7. The van der Waals surface area contributed by atoms with Crippen molar-refractivity contribution in [3.8, 4) is 23.0 Å². The standard InChI is InChI=1S/C23H33NO6/c1-25-16-29-21-15-20(27-3)23(30-17-26-2)19(22(21)28-4)13-8-6-5-7-11-18-12-9-10-14-24-18/h9-10,12,14-15H,5-8,11,13,16-17H2,1-4H3. The fourth-order valence-electron chi connectivity index (χ4n) is 3.27. The number of pyridine rings is 1. The van der Waals surface area contributed by atoms with E-state index in [0.29, 0.717) is 23.0 Å². The van der Waals surface area contributed by atoms with Crippen molar-refractivity contribution in [2.24, 2.45) is 0 Å². The highest BCUT2D eigenvalue weighted by molar-refractivity contribution is 5.61. The molecular formula is C23H33NO6. The normalized spacial score (nSPS) is 10.7. The maximum Gasteiger partial charge on any atom is 0.188 e. The molecule has 1 heterocycles. The van der Waals surface area contributed by atoms with E-state index >= 15 is 0 Å². The number of ether oxygens (including phenoxy) is 6. The molecule has 0 aliphatic heterocycles. The molecule has 0 unspecified atom stereocenters. The third kappa shape index (κ3) is 7.07. The maximum absolute atomic E-state index is 5.82. The topological polar surface area (TPSA) is 68.3 Å². The first-order valence-corrected chi connectivity index (χ1v) is 10.2. The molecule has 7 nitrogen and oxygen atoms in total. The molecule has 2 aromatic rings. The van der Waals surface area contributed by atoms with Gasteiger partial charge in [0.15, 0.2) is 36.6 Å². The van der Waals surface area contributed by atoms with Crippen LogP contribution in [0.25, 0.3) is 0 Å². The minimum Gasteiger partial charge on any atom is -0.493 e. The van der Waals surface area contributed by atoms with Crippen molar-refractivity contribution in [3.05, 3.63) is 41.7 Å². The van der Waals surface area contributed by atoms with Crippen LogP contribution in [0.1, 0.15) is 36.9 Å². The molecule has 30 heavy (non-hydrogen) atoms. The van der Waals surface area contributed by atoms with E-state index in [-0.39, 0.29) is 13.6 Å². The molecule has 0 radical (unpaired) electrons. The second-order valence-electron chi connectivity index (χ2n) is 6.75. The van der Waals surface area contributed by atoms with Gasteiger partial charge in [0.2, 0.25) is 0 Å². The zero-order valence-electron chi connectivity index (χ0n) is 18.4. The van der Waals surface area contributed by atoms with Crippen LogP contribution in [0, 0.1) is 0 Å². The Hall–Kier alpha value is -2.51. The number of nitrogens with zero attached hydrogens (tertiary/aromatic N) is 1. The highest BCUT2D eigenvalue weighted by Crippen LogP contribution is 2.45. The van der Waals surface area contributed by atoms with Gasteiger partial charge in [0, 0.05) is 37.7 Å². The number of hydrogen-bond donors (Lipinski definition) is 0. The minimum absolute atomic E-state index is 0.116. The first-order chi connectivity index (χ1) is 14.7. The minimum atomic E-state index is 0.116. The van der Waals surface area contributed by atoms with Crippen LogP contribution >= 0.6 is 0 Å². The van der Waals surface area contributed by atoms with Gasteiger partial charge in [-0.1, -0.05) is 18.9 Å². The highest BCUT2D eigenvalue weighted by atomic mass is 16.7. The summed E-state index contributed by atoms with van der Waals surface area (Å²) in [6, 6.07) is 7.79. The molecule has 1 aromatic heterocycles. The van der Waals surface area contributed by atoms with Gasteiger partial charge in [-0.15, -0.1) is 0 Å². The summed E-state index contributed by atoms with van der Waals surface area (Å²) >= 11 is 0. The lowest BCUT2D eigenvalue weighted by Crippen LogP contribution is -2.08. The number of rotatable bonds is 15. The Morgan fingerprint density at radius 2 is 1.47 bits per heavy atom. The molecule has 0 atom stereocenters. The van der Waals surface area contributed by atoms with E-state index in [4.69, 9.17) is 28.4 Å². The van der Waals surface area contributed by atoms with Crippen molar-refractivity contribution in [2.45, 2.75) is 38.5 Å². The van der Waals surface area contributed by atoms with Crippen LogP contribution in [0.15, 0.2) is 30.5 Å². The van der Waals surface area contributed by atoms with Gasteiger partial charge in [-0.05, 0) is 37.8 Å². The number of benzene rings is 1. The highest BCUT2D eigenvalue weighted by Gasteiger charge is 2.22. The monoisotopic (exact) mass is 419 g/mol. The third-order valence-electron chi connectivity index (χ3n) is 4.67. The quantitative estimate of drug-likeness (QED) is 0.313. The predicted octanol–water partition coefficient (Wildman–Crippen LogP) is 4.41. The van der Waals surface area contributed by atoms with Gasteiger partial charge in [-0.25, -0.2) is 0 Å². The van der Waals surface area contributed by atoms with E-state index in [1.807, 2.05) is 18.3 Å². The van der Waals surface area contributed by atoms with Gasteiger partial charge >= 0.3 is 0 Å². The van der Waals surface area contributed by atoms with E-state index in [2.05, 4.69) is 11.1 Å². The molecule has 0 spiro atoms. The summed E-state index contributed by atoms with van der Waals surface area (Å²) in [7, 11) is 6.38. The molecule has 0 aliphatic rings. The molecule has 7 heteroatoms. The summed E-state index contributed by atoms with van der Waals surface area (Å²) in [6.07, 6.45) is 7.93. The fourth-order valence-corrected chi connectivity index (χ4v) is 3.27. The molecule has 0 bridgehead atoms. The van der Waals surface area contributed by atoms with Gasteiger partial charge in [-0.2, -0.15) is 0 Å². The van der Waals surface area contributed by atoms with Crippen LogP contribution < -0.4 is 18.9 Å². The van der Waals surface area contributed by atoms with Crippen LogP contribution in [-0.4, -0.2) is 47.0 Å². The summed E-state index contributed by atoms with van der Waals surface area (Å²) in [6.45, 7) is 0.236. The Morgan fingerprint density at radius 1 is 0.733 bits per heavy atom. The lowest BCUT2D eigenvalue weighted by molar-refractivity contribution is 0.0444. The van der Waals surface area contributed by atoms with Crippen LogP contribution in [0.3, 0.4) is 0 Å². The Bertz CT molecular complexity index is 738. The van der Waals surface area contributed by atoms with Gasteiger partial charge in [-0.3, -0.25) is 4.98 Å². The SMILES string of the molecule is COCOc1cc(OC)c(OCOC)c(CCCCCCc2ccccn2)c1OC. The van der Waals surface area contributed by atoms with Crippen molar-refractivity contribution in [1.29, 1.82) is 0 Å². The summed E-state index contributed by atoms with van der Waals surface area (Å²) < 4.78 is 32.8. The van der Waals surface area contributed by atoms with Crippen LogP contribution in [0.4, 0.5) is 0 Å². The molecule has 0 aliphatic carbocycles. The van der Waals surface area contributed by atoms with Crippen LogP contribution in [0.2, 0.25) is 0 Å². The summed E-state index contributed by atoms with van der Waals surface area (Å²) in [4.78, 5) is 4.38. The van der Waals surface area contributed by atoms with Crippen molar-refractivity contribution in [3.63, 3.8) is 0 Å². The van der Waals surface area contributed by atoms with E-state index in [1.165, 1.54) is 0 Å². The van der Waals surface area contributed by atoms with Gasteiger partial charge in [0.05, 0.1) is 14.2 Å². The van der Waals surface area contributed by atoms with Crippen molar-refractivity contribution < 1.29 is 28.4 Å². The third-order valence-corrected chi connectivity index (χ3v) is 4.67. The average Bonchev–Trinajstić information content (AvgIpc) is 2.79. The first-order valence-electron chi connectivity index (χ1n) is 10.2. The Balaban J connectivity index is 2.06. The van der Waals surface area contributed by atoms with Crippen LogP contribution in [0.5, 0.6) is 23.0 Å². The molecule has 0 amide bonds. The fraction of sp³-hybridized carbons (Fsp3) is 0.522. The molecule has 0 saturated carbocycles. The number of aryl methyl sites for hydroxylation is 1. The second-order valence-corrected chi connectivity index (χ2v) is 6.75. The predicted molar refractivity (Wildman–Crippen MR) is 115 cm³/mol. The molecule has 0 saturated heterocycles. The zero-order valence-corrected chi connectivity index (χ0v) is 18.4. The van der Waals surface area contributed by atoms with Gasteiger partial charge in [0.25, 0.3) is 0 Å². The number of unbranched alkanes of at least 4 members (excludes halogenated alkanes) is 3. The smallest absolute Gasteiger partial charge is 0.188 e. The molecular weight excluding hydrogens is 386 g/mol. The lowest BCUT2D eigenvalue weighted by atomic mass is 10.0. The van der Waals surface area contributed by atoms with E-state index < -0.39 is 0 Å². The number of aromatic nitrogens is 1. The Morgan fingerprint density at radius 3 is 2.10 bits per heavy atom. The molecule has 0 N–H and O–H groups in total. The molecule has 166 valence electrons. The van der Waals surface area contributed by atoms with Crippen molar-refractivity contribution in [1.82, 2.24) is 4.98 Å². The average molecular weight is 420 g/mol. The van der Waals surface area contributed by atoms with Crippen LogP contribution in [-0.2, 0) is 22.3 Å². The largest absolute Gasteiger partial charge is 0.493 e. The molecule has 2 rings (SSSR count). The Labute approximate surface area is 179 Å². The zero-order chi connectivity index (χ0) is 21.6. The van der Waals surface area contributed by atoms with Gasteiger partial charge in [0.1, 0.15) is 0 Å². The lowest BCUT2D eigenvalue weighted by Gasteiger charge is -2.20. The van der Waals surface area contributed by atoms with Crippen molar-refractivity contribution in [2.75, 3.05) is 42.0 Å². The summed E-state index contributed by atoms with van der Waals surface area (Å²) in [5.74, 6) is 2.39. The van der Waals surface area contributed by atoms with E-state index in [0.717, 1.165) is 49.8 Å². The first kappa shape index (κ1) is 23.8. The van der Waals surface area contributed by atoms with Crippen molar-refractivity contribution >= 4 is 0 Å². The second kappa shape index (κ2) is 13.7. The molecule has 0 fully saturated rings. The molecule has 1 aromatic carbocycles. The number of methoxy groups -OCH3 is 4. The van der Waals surface area contributed by atoms with E-state index in [9.17, 15) is 0 Å². The summed E-state index contributed by atoms with van der Waals surface area (Å²) in [5.41, 5.74) is 2.05. The van der Waals surface area contributed by atoms with E-state index in [1.54, 1.807) is 34.5 Å². The Kier molecular flexibility index (Phi) is 10.8. The maximum atomic E-state index is 5.82. The van der Waals surface area contributed by atoms with Gasteiger partial charge < -0.3 is 28.4 Å².